The van der Waals surface area contributed by atoms with Crippen LogP contribution in [0.15, 0.2) is 76.5 Å². The normalized spacial score (nSPS) is 12.1. The summed E-state index contributed by atoms with van der Waals surface area (Å²) in [5.41, 5.74) is 0.909. The molecule has 0 aliphatic rings. The smallest absolute Gasteiger partial charge is 0.264 e. The van der Waals surface area contributed by atoms with Gasteiger partial charge in [0.1, 0.15) is 18.3 Å². The van der Waals surface area contributed by atoms with Crippen molar-refractivity contribution in [3.05, 3.63) is 82.3 Å². The average Bonchev–Trinajstić information content (AvgIpc) is 2.99. The third-order valence-corrected chi connectivity index (χ3v) is 9.82. The number of halogens is 2. The maximum Gasteiger partial charge on any atom is 0.264 e. The van der Waals surface area contributed by atoms with E-state index >= 15 is 0 Å². The van der Waals surface area contributed by atoms with Gasteiger partial charge in [-0.3, -0.25) is 13.9 Å². The number of amides is 2. The van der Waals surface area contributed by atoms with Gasteiger partial charge in [0.25, 0.3) is 10.0 Å². The second-order valence-electron chi connectivity index (χ2n) is 10.2. The molecule has 2 amide bonds. The van der Waals surface area contributed by atoms with Gasteiger partial charge in [0.15, 0.2) is 0 Å². The molecule has 232 valence electrons. The fraction of sp³-hybridized carbons (Fsp3) is 0.355. The first-order valence-corrected chi connectivity index (χ1v) is 17.2. The van der Waals surface area contributed by atoms with Crippen molar-refractivity contribution in [1.82, 2.24) is 10.2 Å². The number of anilines is 1. The van der Waals surface area contributed by atoms with E-state index in [0.29, 0.717) is 34.5 Å². The van der Waals surface area contributed by atoms with Crippen LogP contribution in [-0.2, 0) is 26.2 Å². The van der Waals surface area contributed by atoms with Gasteiger partial charge >= 0.3 is 0 Å². The van der Waals surface area contributed by atoms with E-state index in [1.807, 2.05) is 27.0 Å². The highest BCUT2D eigenvalue weighted by Gasteiger charge is 2.32. The van der Waals surface area contributed by atoms with Gasteiger partial charge in [0.2, 0.25) is 11.8 Å². The summed E-state index contributed by atoms with van der Waals surface area (Å²) < 4.78 is 34.6. The monoisotopic (exact) mass is 665 g/mol. The molecule has 0 bridgehead atoms. The van der Waals surface area contributed by atoms with Crippen molar-refractivity contribution in [2.75, 3.05) is 30.3 Å². The van der Waals surface area contributed by atoms with Crippen molar-refractivity contribution >= 4 is 62.5 Å². The molecular weight excluding hydrogens is 629 g/mol. The molecule has 0 radical (unpaired) electrons. The molecule has 3 aromatic carbocycles. The molecule has 3 aromatic rings. The molecule has 0 spiro atoms. The second kappa shape index (κ2) is 15.7. The first kappa shape index (κ1) is 34.6. The Kier molecular flexibility index (Phi) is 12.6. The third kappa shape index (κ3) is 9.28. The molecule has 1 N–H and O–H groups in total. The minimum absolute atomic E-state index is 0.00553. The lowest BCUT2D eigenvalue weighted by Gasteiger charge is -2.32. The van der Waals surface area contributed by atoms with Crippen LogP contribution in [0, 0.1) is 5.92 Å². The predicted octanol–water partition coefficient (Wildman–Crippen LogP) is 6.50. The van der Waals surface area contributed by atoms with Gasteiger partial charge < -0.3 is 15.0 Å². The standard InChI is InChI=1S/C31H37Cl2N3O5S2/c1-6-41-25-10-8-24(9-11-25)36(43(39,40)27-14-12-26(42-5)13-15-27)20-30(37)35(22(4)31(38)34-18-21(2)3)19-23-7-16-28(32)29(33)17-23/h7-17,21-22H,6,18-20H2,1-5H3,(H,34,38)/t22-/m1/s1. The van der Waals surface area contributed by atoms with Gasteiger partial charge in [-0.2, -0.15) is 0 Å². The van der Waals surface area contributed by atoms with Crippen molar-refractivity contribution in [1.29, 1.82) is 0 Å². The lowest BCUT2D eigenvalue weighted by Crippen LogP contribution is -2.51. The van der Waals surface area contributed by atoms with Gasteiger partial charge in [-0.1, -0.05) is 43.1 Å². The minimum atomic E-state index is -4.19. The Morgan fingerprint density at radius 1 is 0.953 bits per heavy atom. The third-order valence-electron chi connectivity index (χ3n) is 6.55. The number of hydrogen-bond acceptors (Lipinski definition) is 6. The van der Waals surface area contributed by atoms with Gasteiger partial charge in [-0.05, 0) is 92.2 Å². The number of sulfonamides is 1. The second-order valence-corrected chi connectivity index (χ2v) is 13.8. The summed E-state index contributed by atoms with van der Waals surface area (Å²) in [4.78, 5) is 29.5. The van der Waals surface area contributed by atoms with Crippen LogP contribution in [-0.4, -0.2) is 57.1 Å². The molecule has 0 unspecified atom stereocenters. The first-order valence-electron chi connectivity index (χ1n) is 13.8. The van der Waals surface area contributed by atoms with Crippen molar-refractivity contribution < 1.29 is 22.7 Å². The number of hydrogen-bond donors (Lipinski definition) is 1. The number of nitrogens with zero attached hydrogens (tertiary/aromatic N) is 2. The first-order chi connectivity index (χ1) is 20.4. The summed E-state index contributed by atoms with van der Waals surface area (Å²) in [6.45, 7) is 7.72. The molecule has 3 rings (SSSR count). The van der Waals surface area contributed by atoms with Crippen LogP contribution in [0.5, 0.6) is 5.75 Å². The summed E-state index contributed by atoms with van der Waals surface area (Å²) in [6, 6.07) is 17.0. The van der Waals surface area contributed by atoms with E-state index in [2.05, 4.69) is 5.32 Å². The average molecular weight is 667 g/mol. The predicted molar refractivity (Wildman–Crippen MR) is 175 cm³/mol. The number of thioether (sulfide) groups is 1. The zero-order valence-corrected chi connectivity index (χ0v) is 28.0. The molecule has 8 nitrogen and oxygen atoms in total. The van der Waals surface area contributed by atoms with Gasteiger partial charge in [0.05, 0.1) is 27.2 Å². The SMILES string of the molecule is CCOc1ccc(N(CC(=O)N(Cc2ccc(Cl)c(Cl)c2)[C@H](C)C(=O)NCC(C)C)S(=O)(=O)c2ccc(SC)cc2)cc1. The van der Waals surface area contributed by atoms with E-state index in [4.69, 9.17) is 27.9 Å². The largest absolute Gasteiger partial charge is 0.494 e. The van der Waals surface area contributed by atoms with E-state index < -0.39 is 28.5 Å². The number of rotatable bonds is 14. The van der Waals surface area contributed by atoms with E-state index in [1.54, 1.807) is 61.5 Å². The Morgan fingerprint density at radius 2 is 1.60 bits per heavy atom. The maximum atomic E-state index is 14.1. The van der Waals surface area contributed by atoms with Crippen LogP contribution in [0.3, 0.4) is 0 Å². The molecule has 0 saturated carbocycles. The van der Waals surface area contributed by atoms with Crippen LogP contribution in [0.4, 0.5) is 5.69 Å². The van der Waals surface area contributed by atoms with Crippen molar-refractivity contribution in [2.45, 2.75) is 50.1 Å². The highest BCUT2D eigenvalue weighted by molar-refractivity contribution is 7.98. The topological polar surface area (TPSA) is 96.0 Å². The Hall–Kier alpha value is -2.92. The van der Waals surface area contributed by atoms with Crippen LogP contribution in [0.1, 0.15) is 33.3 Å². The number of nitrogens with one attached hydrogen (secondary N) is 1. The van der Waals surface area contributed by atoms with Crippen LogP contribution in [0.25, 0.3) is 0 Å². The van der Waals surface area contributed by atoms with Crippen LogP contribution >= 0.6 is 35.0 Å². The van der Waals surface area contributed by atoms with E-state index in [1.165, 1.54) is 28.8 Å². The highest BCUT2D eigenvalue weighted by Crippen LogP contribution is 2.28. The highest BCUT2D eigenvalue weighted by atomic mass is 35.5. The Labute approximate surface area is 268 Å². The zero-order valence-electron chi connectivity index (χ0n) is 24.8. The summed E-state index contributed by atoms with van der Waals surface area (Å²) in [7, 11) is -4.19. The molecule has 0 aliphatic heterocycles. The molecular formula is C31H37Cl2N3O5S2. The Morgan fingerprint density at radius 3 is 2.16 bits per heavy atom. The van der Waals surface area contributed by atoms with Crippen molar-refractivity contribution in [3.8, 4) is 5.75 Å². The van der Waals surface area contributed by atoms with Crippen molar-refractivity contribution in [3.63, 3.8) is 0 Å². The molecule has 43 heavy (non-hydrogen) atoms. The molecule has 1 atom stereocenters. The summed E-state index contributed by atoms with van der Waals surface area (Å²) in [6.07, 6.45) is 1.90. The molecule has 0 heterocycles. The fourth-order valence-electron chi connectivity index (χ4n) is 4.15. The summed E-state index contributed by atoms with van der Waals surface area (Å²) in [5, 5.41) is 3.52. The lowest BCUT2D eigenvalue weighted by atomic mass is 10.1. The zero-order chi connectivity index (χ0) is 31.7. The van der Waals surface area contributed by atoms with Gasteiger partial charge in [0, 0.05) is 18.0 Å². The van der Waals surface area contributed by atoms with Crippen molar-refractivity contribution in [2.24, 2.45) is 5.92 Å². The minimum Gasteiger partial charge on any atom is -0.494 e. The van der Waals surface area contributed by atoms with Gasteiger partial charge in [-0.15, -0.1) is 11.8 Å². The molecule has 12 heteroatoms. The van der Waals surface area contributed by atoms with Crippen LogP contribution < -0.4 is 14.4 Å². The number of ether oxygens (including phenoxy) is 1. The molecule has 0 fully saturated rings. The molecule has 0 saturated heterocycles. The fourth-order valence-corrected chi connectivity index (χ4v) is 6.29. The number of benzene rings is 3. The molecule has 0 aromatic heterocycles. The lowest BCUT2D eigenvalue weighted by molar-refractivity contribution is -0.139. The number of carbonyl (C=O) groups is 2. The summed E-state index contributed by atoms with van der Waals surface area (Å²) in [5.74, 6) is -0.161. The van der Waals surface area contributed by atoms with E-state index in [9.17, 15) is 18.0 Å². The quantitative estimate of drug-likeness (QED) is 0.198. The van der Waals surface area contributed by atoms with E-state index in [0.717, 1.165) is 9.20 Å². The molecule has 0 aliphatic carbocycles. The Balaban J connectivity index is 2.04. The van der Waals surface area contributed by atoms with Gasteiger partial charge in [-0.25, -0.2) is 8.42 Å². The number of carbonyl (C=O) groups excluding carboxylic acids is 2. The van der Waals surface area contributed by atoms with E-state index in [-0.39, 0.29) is 29.0 Å². The Bertz CT molecular complexity index is 1500. The summed E-state index contributed by atoms with van der Waals surface area (Å²) >= 11 is 13.8. The van der Waals surface area contributed by atoms with Crippen LogP contribution in [0.2, 0.25) is 10.0 Å². The maximum absolute atomic E-state index is 14.1.